The lowest BCUT2D eigenvalue weighted by molar-refractivity contribution is 0.0921. The van der Waals surface area contributed by atoms with Crippen LogP contribution < -0.4 is 5.32 Å². The summed E-state index contributed by atoms with van der Waals surface area (Å²) in [5, 5.41) is 19.1. The normalized spacial score (nSPS) is 12.4. The molecule has 0 saturated heterocycles. The third-order valence-corrected chi connectivity index (χ3v) is 3.51. The highest BCUT2D eigenvalue weighted by molar-refractivity contribution is 5.99. The first-order valence-electron chi connectivity index (χ1n) is 7.24. The van der Waals surface area contributed by atoms with Crippen molar-refractivity contribution in [3.05, 3.63) is 41.8 Å². The van der Waals surface area contributed by atoms with Crippen LogP contribution in [-0.4, -0.2) is 33.9 Å². The average Bonchev–Trinajstić information content (AvgIpc) is 2.97. The van der Waals surface area contributed by atoms with Crippen molar-refractivity contribution in [2.75, 3.05) is 6.54 Å². The van der Waals surface area contributed by atoms with E-state index in [0.717, 1.165) is 0 Å². The highest BCUT2D eigenvalue weighted by atomic mass is 19.1. The van der Waals surface area contributed by atoms with E-state index in [-0.39, 0.29) is 17.6 Å². The first-order valence-corrected chi connectivity index (χ1v) is 7.24. The number of aromatic amines is 1. The predicted octanol–water partition coefficient (Wildman–Crippen LogP) is 2.35. The molecule has 0 bridgehead atoms. The Balaban J connectivity index is 2.02. The molecule has 2 rings (SSSR count). The third kappa shape index (κ3) is 3.92. The highest BCUT2D eigenvalue weighted by Gasteiger charge is 2.16. The van der Waals surface area contributed by atoms with Gasteiger partial charge in [-0.05, 0) is 36.6 Å². The van der Waals surface area contributed by atoms with Crippen molar-refractivity contribution in [2.45, 2.75) is 26.4 Å². The van der Waals surface area contributed by atoms with Crippen LogP contribution in [0.1, 0.15) is 30.6 Å². The zero-order valence-electron chi connectivity index (χ0n) is 12.6. The predicted molar refractivity (Wildman–Crippen MR) is 81.8 cm³/mol. The second-order valence-electron chi connectivity index (χ2n) is 5.52. The molecule has 22 heavy (non-hydrogen) atoms. The quantitative estimate of drug-likeness (QED) is 0.766. The third-order valence-electron chi connectivity index (χ3n) is 3.51. The summed E-state index contributed by atoms with van der Waals surface area (Å²) in [6.45, 7) is 4.23. The number of nitrogens with one attached hydrogen (secondary N) is 2. The number of hydrogen-bond donors (Lipinski definition) is 3. The van der Waals surface area contributed by atoms with E-state index in [0.29, 0.717) is 29.8 Å². The Morgan fingerprint density at radius 3 is 2.68 bits per heavy atom. The van der Waals surface area contributed by atoms with Crippen molar-refractivity contribution in [1.82, 2.24) is 15.5 Å². The van der Waals surface area contributed by atoms with Gasteiger partial charge in [-0.2, -0.15) is 5.10 Å². The molecule has 1 aromatic heterocycles. The Kier molecular flexibility index (Phi) is 5.27. The number of benzene rings is 1. The molecule has 1 aromatic carbocycles. The number of aliphatic hydroxyl groups is 1. The van der Waals surface area contributed by atoms with Gasteiger partial charge in [-0.25, -0.2) is 4.39 Å². The molecular formula is C16H20FN3O2. The Hall–Kier alpha value is -2.21. The number of carbonyl (C=O) groups is 1. The largest absolute Gasteiger partial charge is 0.393 e. The number of H-pyrrole nitrogens is 1. The number of aromatic nitrogens is 2. The molecule has 0 fully saturated rings. The minimum absolute atomic E-state index is 0.153. The molecule has 1 amide bonds. The summed E-state index contributed by atoms with van der Waals surface area (Å²) >= 11 is 0. The number of nitrogens with zero attached hydrogens (tertiary/aromatic N) is 1. The van der Waals surface area contributed by atoms with Gasteiger partial charge in [0.05, 0.1) is 23.6 Å². The van der Waals surface area contributed by atoms with Gasteiger partial charge in [0.25, 0.3) is 5.91 Å². The molecule has 0 saturated carbocycles. The maximum absolute atomic E-state index is 13.0. The Morgan fingerprint density at radius 1 is 1.36 bits per heavy atom. The molecule has 5 nitrogen and oxygen atoms in total. The minimum Gasteiger partial charge on any atom is -0.393 e. The SMILES string of the molecule is CC(C)C(O)CCNC(=O)c1cn[nH]c1-c1ccc(F)cc1. The van der Waals surface area contributed by atoms with Crippen LogP contribution in [0.25, 0.3) is 11.3 Å². The summed E-state index contributed by atoms with van der Waals surface area (Å²) in [5.74, 6) is -0.457. The molecule has 0 aliphatic heterocycles. The summed E-state index contributed by atoms with van der Waals surface area (Å²) in [5.41, 5.74) is 1.62. The van der Waals surface area contributed by atoms with Crippen molar-refractivity contribution in [3.8, 4) is 11.3 Å². The van der Waals surface area contributed by atoms with Crippen molar-refractivity contribution in [3.63, 3.8) is 0 Å². The standard InChI is InChI=1S/C16H20FN3O2/c1-10(2)14(21)7-8-18-16(22)13-9-19-20-15(13)11-3-5-12(17)6-4-11/h3-6,9-10,14,21H,7-8H2,1-2H3,(H,18,22)(H,19,20). The first kappa shape index (κ1) is 16.2. The zero-order valence-corrected chi connectivity index (χ0v) is 12.6. The summed E-state index contributed by atoms with van der Waals surface area (Å²) in [6, 6.07) is 5.83. The van der Waals surface area contributed by atoms with Crippen molar-refractivity contribution in [1.29, 1.82) is 0 Å². The fraction of sp³-hybridized carbons (Fsp3) is 0.375. The van der Waals surface area contributed by atoms with E-state index in [2.05, 4.69) is 15.5 Å². The van der Waals surface area contributed by atoms with Crippen molar-refractivity contribution < 1.29 is 14.3 Å². The van der Waals surface area contributed by atoms with Gasteiger partial charge in [-0.15, -0.1) is 0 Å². The lowest BCUT2D eigenvalue weighted by Gasteiger charge is -2.14. The molecular weight excluding hydrogens is 285 g/mol. The van der Waals surface area contributed by atoms with E-state index in [1.165, 1.54) is 18.3 Å². The summed E-state index contributed by atoms with van der Waals surface area (Å²) in [7, 11) is 0. The Labute approximate surface area is 128 Å². The van der Waals surface area contributed by atoms with Gasteiger partial charge in [-0.3, -0.25) is 9.89 Å². The van der Waals surface area contributed by atoms with E-state index in [1.54, 1.807) is 12.1 Å². The van der Waals surface area contributed by atoms with E-state index in [9.17, 15) is 14.3 Å². The number of amides is 1. The molecule has 118 valence electrons. The van der Waals surface area contributed by atoms with Gasteiger partial charge < -0.3 is 10.4 Å². The topological polar surface area (TPSA) is 78.0 Å². The summed E-state index contributed by atoms with van der Waals surface area (Å²) in [4.78, 5) is 12.2. The molecule has 0 spiro atoms. The molecule has 0 aliphatic rings. The van der Waals surface area contributed by atoms with Crippen LogP contribution in [0.15, 0.2) is 30.5 Å². The van der Waals surface area contributed by atoms with E-state index in [1.807, 2.05) is 13.8 Å². The van der Waals surface area contributed by atoms with Crippen LogP contribution >= 0.6 is 0 Å². The fourth-order valence-electron chi connectivity index (χ4n) is 2.06. The van der Waals surface area contributed by atoms with Gasteiger partial charge in [-0.1, -0.05) is 13.8 Å². The molecule has 3 N–H and O–H groups in total. The van der Waals surface area contributed by atoms with Crippen LogP contribution in [0.4, 0.5) is 4.39 Å². The molecule has 1 heterocycles. The fourth-order valence-corrected chi connectivity index (χ4v) is 2.06. The van der Waals surface area contributed by atoms with Gasteiger partial charge in [0.2, 0.25) is 0 Å². The summed E-state index contributed by atoms with van der Waals surface area (Å²) < 4.78 is 13.0. The zero-order chi connectivity index (χ0) is 16.1. The second-order valence-corrected chi connectivity index (χ2v) is 5.52. The number of hydrogen-bond acceptors (Lipinski definition) is 3. The van der Waals surface area contributed by atoms with E-state index >= 15 is 0 Å². The maximum Gasteiger partial charge on any atom is 0.255 e. The number of carbonyl (C=O) groups excluding carboxylic acids is 1. The smallest absolute Gasteiger partial charge is 0.255 e. The highest BCUT2D eigenvalue weighted by Crippen LogP contribution is 2.21. The van der Waals surface area contributed by atoms with E-state index < -0.39 is 6.10 Å². The molecule has 0 aliphatic carbocycles. The molecule has 6 heteroatoms. The van der Waals surface area contributed by atoms with Crippen LogP contribution in [0.3, 0.4) is 0 Å². The number of aliphatic hydroxyl groups excluding tert-OH is 1. The lowest BCUT2D eigenvalue weighted by Crippen LogP contribution is -2.28. The van der Waals surface area contributed by atoms with E-state index in [4.69, 9.17) is 0 Å². The second kappa shape index (κ2) is 7.17. The minimum atomic E-state index is -0.443. The first-order chi connectivity index (χ1) is 10.5. The average molecular weight is 305 g/mol. The molecule has 1 unspecified atom stereocenters. The van der Waals surface area contributed by atoms with Crippen LogP contribution in [0.2, 0.25) is 0 Å². The molecule has 1 atom stereocenters. The summed E-state index contributed by atoms with van der Waals surface area (Å²) in [6.07, 6.45) is 1.49. The lowest BCUT2D eigenvalue weighted by atomic mass is 10.0. The van der Waals surface area contributed by atoms with Gasteiger partial charge >= 0.3 is 0 Å². The van der Waals surface area contributed by atoms with Gasteiger partial charge in [0, 0.05) is 12.1 Å². The Bertz CT molecular complexity index is 623. The van der Waals surface area contributed by atoms with Crippen LogP contribution in [0.5, 0.6) is 0 Å². The Morgan fingerprint density at radius 2 is 2.05 bits per heavy atom. The van der Waals surface area contributed by atoms with Crippen LogP contribution in [-0.2, 0) is 0 Å². The van der Waals surface area contributed by atoms with Gasteiger partial charge in [0.15, 0.2) is 0 Å². The van der Waals surface area contributed by atoms with Gasteiger partial charge in [0.1, 0.15) is 5.82 Å². The molecule has 0 radical (unpaired) electrons. The number of halogens is 1. The van der Waals surface area contributed by atoms with Crippen molar-refractivity contribution in [2.24, 2.45) is 5.92 Å². The molecule has 2 aromatic rings. The monoisotopic (exact) mass is 305 g/mol. The maximum atomic E-state index is 13.0. The van der Waals surface area contributed by atoms with Crippen molar-refractivity contribution >= 4 is 5.91 Å². The number of rotatable bonds is 6. The van der Waals surface area contributed by atoms with Crippen LogP contribution in [0, 0.1) is 11.7 Å².